The standard InChI is InChI=1S/C28H24/c1-5-16-14-23-21-8-6-7-9-22(21)24-15-18-13-19(28(2,3)4)12-17-10-11-20(16)27(25(17)18)26(23)24/h6-15H,5H2,1-4H3. The van der Waals surface area contributed by atoms with Crippen molar-refractivity contribution in [1.29, 1.82) is 0 Å². The van der Waals surface area contributed by atoms with Crippen molar-refractivity contribution in [2.24, 2.45) is 0 Å². The predicted molar refractivity (Wildman–Crippen MR) is 123 cm³/mol. The molecule has 5 aromatic rings. The van der Waals surface area contributed by atoms with Gasteiger partial charge in [-0.2, -0.15) is 0 Å². The van der Waals surface area contributed by atoms with Crippen LogP contribution >= 0.6 is 0 Å². The van der Waals surface area contributed by atoms with E-state index in [1.54, 1.807) is 0 Å². The van der Waals surface area contributed by atoms with E-state index in [4.69, 9.17) is 0 Å². The van der Waals surface area contributed by atoms with E-state index in [1.165, 1.54) is 65.7 Å². The Morgan fingerprint density at radius 1 is 0.643 bits per heavy atom. The summed E-state index contributed by atoms with van der Waals surface area (Å²) in [7, 11) is 0. The Morgan fingerprint density at radius 2 is 1.32 bits per heavy atom. The Morgan fingerprint density at radius 3 is 2.00 bits per heavy atom. The number of fused-ring (bicyclic) bond motifs is 3. The summed E-state index contributed by atoms with van der Waals surface area (Å²) in [4.78, 5) is 0. The van der Waals surface area contributed by atoms with Gasteiger partial charge in [-0.15, -0.1) is 0 Å². The molecule has 0 aromatic heterocycles. The first-order valence-electron chi connectivity index (χ1n) is 10.4. The van der Waals surface area contributed by atoms with Gasteiger partial charge in [0.2, 0.25) is 0 Å². The lowest BCUT2D eigenvalue weighted by Crippen LogP contribution is -2.10. The fraction of sp³-hybridized carbons (Fsp3) is 0.214. The average Bonchev–Trinajstić information content (AvgIpc) is 3.01. The molecule has 136 valence electrons. The number of aryl methyl sites for hydroxylation is 1. The van der Waals surface area contributed by atoms with E-state index in [-0.39, 0.29) is 5.41 Å². The first-order chi connectivity index (χ1) is 13.5. The molecular formula is C28H24. The molecule has 0 atom stereocenters. The van der Waals surface area contributed by atoms with Crippen LogP contribution in [0, 0.1) is 0 Å². The van der Waals surface area contributed by atoms with Gasteiger partial charge in [0.15, 0.2) is 0 Å². The Balaban J connectivity index is 1.91. The van der Waals surface area contributed by atoms with Crippen LogP contribution in [0.15, 0.2) is 60.7 Å². The first kappa shape index (κ1) is 16.1. The summed E-state index contributed by atoms with van der Waals surface area (Å²) < 4.78 is 0. The number of hydrogen-bond acceptors (Lipinski definition) is 0. The quantitative estimate of drug-likeness (QED) is 0.260. The third kappa shape index (κ3) is 1.91. The molecule has 0 saturated carbocycles. The van der Waals surface area contributed by atoms with Gasteiger partial charge in [0, 0.05) is 0 Å². The van der Waals surface area contributed by atoms with Gasteiger partial charge in [0.05, 0.1) is 0 Å². The molecule has 28 heavy (non-hydrogen) atoms. The highest BCUT2D eigenvalue weighted by molar-refractivity contribution is 6.32. The van der Waals surface area contributed by atoms with E-state index in [1.807, 2.05) is 0 Å². The van der Waals surface area contributed by atoms with Crippen LogP contribution in [0.2, 0.25) is 0 Å². The molecule has 1 aliphatic rings. The molecule has 0 spiro atoms. The molecule has 1 aliphatic carbocycles. The fourth-order valence-electron chi connectivity index (χ4n) is 5.21. The zero-order chi connectivity index (χ0) is 19.2. The molecule has 0 unspecified atom stereocenters. The topological polar surface area (TPSA) is 0 Å². The molecule has 0 bridgehead atoms. The molecular weight excluding hydrogens is 336 g/mol. The van der Waals surface area contributed by atoms with Crippen molar-refractivity contribution >= 4 is 32.3 Å². The molecule has 0 N–H and O–H groups in total. The third-order valence-corrected chi connectivity index (χ3v) is 6.66. The molecule has 0 heterocycles. The van der Waals surface area contributed by atoms with E-state index in [0.717, 1.165) is 6.42 Å². The summed E-state index contributed by atoms with van der Waals surface area (Å²) in [6, 6.07) is 23.3. The van der Waals surface area contributed by atoms with Crippen LogP contribution in [-0.4, -0.2) is 0 Å². The lowest BCUT2D eigenvalue weighted by molar-refractivity contribution is 0.591. The van der Waals surface area contributed by atoms with E-state index < -0.39 is 0 Å². The highest BCUT2D eigenvalue weighted by atomic mass is 14.3. The molecule has 0 amide bonds. The second-order valence-electron chi connectivity index (χ2n) is 9.32. The second kappa shape index (κ2) is 5.14. The maximum atomic E-state index is 2.44. The second-order valence-corrected chi connectivity index (χ2v) is 9.32. The number of hydrogen-bond donors (Lipinski definition) is 0. The SMILES string of the molecule is CCc1cc2c3c(cc4cc(C(C)(C)C)cc5ccc1c3c54)-c1ccccc1-2. The number of benzene rings is 5. The molecule has 0 heteroatoms. The van der Waals surface area contributed by atoms with Gasteiger partial charge >= 0.3 is 0 Å². The van der Waals surface area contributed by atoms with Crippen LogP contribution < -0.4 is 0 Å². The lowest BCUT2D eigenvalue weighted by atomic mass is 9.82. The fourth-order valence-corrected chi connectivity index (χ4v) is 5.21. The third-order valence-electron chi connectivity index (χ3n) is 6.66. The lowest BCUT2D eigenvalue weighted by Gasteiger charge is -2.22. The molecule has 6 rings (SSSR count). The van der Waals surface area contributed by atoms with E-state index in [2.05, 4.69) is 88.4 Å². The van der Waals surface area contributed by atoms with Gasteiger partial charge < -0.3 is 0 Å². The van der Waals surface area contributed by atoms with E-state index in [0.29, 0.717) is 0 Å². The predicted octanol–water partition coefficient (Wildman–Crippen LogP) is 8.09. The van der Waals surface area contributed by atoms with Gasteiger partial charge in [-0.1, -0.05) is 76.2 Å². The minimum Gasteiger partial charge on any atom is -0.0616 e. The van der Waals surface area contributed by atoms with Gasteiger partial charge in [-0.25, -0.2) is 0 Å². The molecule has 0 fully saturated rings. The Kier molecular flexibility index (Phi) is 2.96. The van der Waals surface area contributed by atoms with Gasteiger partial charge in [0.1, 0.15) is 0 Å². The minimum atomic E-state index is 0.141. The summed E-state index contributed by atoms with van der Waals surface area (Å²) >= 11 is 0. The molecule has 0 aliphatic heterocycles. The van der Waals surface area contributed by atoms with Gasteiger partial charge in [-0.3, -0.25) is 0 Å². The largest absolute Gasteiger partial charge is 0.0616 e. The van der Waals surface area contributed by atoms with Crippen LogP contribution in [0.4, 0.5) is 0 Å². The van der Waals surface area contributed by atoms with Crippen molar-refractivity contribution in [2.75, 3.05) is 0 Å². The Labute approximate surface area is 166 Å². The van der Waals surface area contributed by atoms with Crippen molar-refractivity contribution in [1.82, 2.24) is 0 Å². The highest BCUT2D eigenvalue weighted by Crippen LogP contribution is 2.52. The summed E-state index contributed by atoms with van der Waals surface area (Å²) in [5.41, 5.74) is 8.61. The molecule has 0 radical (unpaired) electrons. The average molecular weight is 361 g/mol. The number of rotatable bonds is 1. The first-order valence-corrected chi connectivity index (χ1v) is 10.4. The van der Waals surface area contributed by atoms with Crippen LogP contribution in [0.25, 0.3) is 54.6 Å². The van der Waals surface area contributed by atoms with E-state index >= 15 is 0 Å². The minimum absolute atomic E-state index is 0.141. The van der Waals surface area contributed by atoms with Gasteiger partial charge in [0.25, 0.3) is 0 Å². The smallest absolute Gasteiger partial charge is 0.00115 e. The van der Waals surface area contributed by atoms with Crippen molar-refractivity contribution < 1.29 is 0 Å². The Bertz CT molecular complexity index is 1410. The van der Waals surface area contributed by atoms with Crippen molar-refractivity contribution in [2.45, 2.75) is 39.5 Å². The Hall–Kier alpha value is -2.86. The summed E-state index contributed by atoms with van der Waals surface area (Å²) in [5, 5.41) is 8.54. The highest BCUT2D eigenvalue weighted by Gasteiger charge is 2.26. The molecule has 0 nitrogen and oxygen atoms in total. The zero-order valence-electron chi connectivity index (χ0n) is 17.0. The molecule has 0 saturated heterocycles. The zero-order valence-corrected chi connectivity index (χ0v) is 17.0. The maximum absolute atomic E-state index is 2.44. The normalized spacial score (nSPS) is 13.1. The van der Waals surface area contributed by atoms with Gasteiger partial charge in [-0.05, 0) is 89.7 Å². The van der Waals surface area contributed by atoms with Crippen molar-refractivity contribution in [3.8, 4) is 22.3 Å². The summed E-state index contributed by atoms with van der Waals surface area (Å²) in [6.07, 6.45) is 1.06. The van der Waals surface area contributed by atoms with Crippen LogP contribution in [0.3, 0.4) is 0 Å². The molecule has 5 aromatic carbocycles. The van der Waals surface area contributed by atoms with Crippen LogP contribution in [-0.2, 0) is 11.8 Å². The van der Waals surface area contributed by atoms with E-state index in [9.17, 15) is 0 Å². The summed E-state index contributed by atoms with van der Waals surface area (Å²) in [5.74, 6) is 0. The van der Waals surface area contributed by atoms with Crippen molar-refractivity contribution in [3.05, 3.63) is 71.8 Å². The van der Waals surface area contributed by atoms with Crippen molar-refractivity contribution in [3.63, 3.8) is 0 Å². The maximum Gasteiger partial charge on any atom is -0.00115 e. The monoisotopic (exact) mass is 360 g/mol. The van der Waals surface area contributed by atoms with Crippen LogP contribution in [0.5, 0.6) is 0 Å². The van der Waals surface area contributed by atoms with Crippen LogP contribution in [0.1, 0.15) is 38.8 Å². The summed E-state index contributed by atoms with van der Waals surface area (Å²) in [6.45, 7) is 9.20.